The van der Waals surface area contributed by atoms with Gasteiger partial charge in [0.05, 0.1) is 21.6 Å². The standard InChI is InChI=1S/C17H16Cl2N6O/c1-23-15-12(9-22-23)16(21-10-20-15)24-4-6-25(7-5-24)17(26)11-2-3-13(18)14(19)8-11/h2-3,8-10H,4-7H2,1H3. The monoisotopic (exact) mass is 390 g/mol. The molecule has 134 valence electrons. The van der Waals surface area contributed by atoms with Crippen molar-refractivity contribution in [3.63, 3.8) is 0 Å². The largest absolute Gasteiger partial charge is 0.352 e. The van der Waals surface area contributed by atoms with Gasteiger partial charge in [0, 0.05) is 38.8 Å². The molecular weight excluding hydrogens is 375 g/mol. The summed E-state index contributed by atoms with van der Waals surface area (Å²) in [7, 11) is 1.85. The van der Waals surface area contributed by atoms with Gasteiger partial charge in [0.2, 0.25) is 0 Å². The summed E-state index contributed by atoms with van der Waals surface area (Å²) in [4.78, 5) is 25.4. The molecule has 0 atom stereocenters. The number of amides is 1. The fourth-order valence-electron chi connectivity index (χ4n) is 3.13. The van der Waals surface area contributed by atoms with Crippen molar-refractivity contribution in [1.82, 2.24) is 24.6 Å². The molecule has 0 bridgehead atoms. The van der Waals surface area contributed by atoms with E-state index in [1.807, 2.05) is 11.9 Å². The molecule has 0 N–H and O–H groups in total. The molecule has 1 saturated heterocycles. The Hall–Kier alpha value is -2.38. The number of anilines is 1. The summed E-state index contributed by atoms with van der Waals surface area (Å²) in [6, 6.07) is 4.96. The zero-order chi connectivity index (χ0) is 18.3. The molecule has 0 saturated carbocycles. The van der Waals surface area contributed by atoms with E-state index in [2.05, 4.69) is 20.0 Å². The zero-order valence-electron chi connectivity index (χ0n) is 14.1. The van der Waals surface area contributed by atoms with Crippen molar-refractivity contribution in [3.05, 3.63) is 46.3 Å². The zero-order valence-corrected chi connectivity index (χ0v) is 15.6. The van der Waals surface area contributed by atoms with Gasteiger partial charge in [0.25, 0.3) is 5.91 Å². The van der Waals surface area contributed by atoms with Crippen LogP contribution in [0.4, 0.5) is 5.82 Å². The molecule has 7 nitrogen and oxygen atoms in total. The first-order valence-corrected chi connectivity index (χ1v) is 8.92. The minimum absolute atomic E-state index is 0.0440. The van der Waals surface area contributed by atoms with E-state index in [1.165, 1.54) is 0 Å². The van der Waals surface area contributed by atoms with Gasteiger partial charge in [-0.1, -0.05) is 23.2 Å². The molecule has 26 heavy (non-hydrogen) atoms. The first kappa shape index (κ1) is 17.1. The fourth-order valence-corrected chi connectivity index (χ4v) is 3.43. The summed E-state index contributed by atoms with van der Waals surface area (Å²) < 4.78 is 1.73. The Balaban J connectivity index is 1.50. The lowest BCUT2D eigenvalue weighted by Crippen LogP contribution is -2.49. The highest BCUT2D eigenvalue weighted by molar-refractivity contribution is 6.42. The third kappa shape index (κ3) is 2.97. The van der Waals surface area contributed by atoms with E-state index in [4.69, 9.17) is 23.2 Å². The van der Waals surface area contributed by atoms with Gasteiger partial charge < -0.3 is 9.80 Å². The van der Waals surface area contributed by atoms with Crippen LogP contribution in [0.2, 0.25) is 10.0 Å². The molecule has 4 rings (SSSR count). The lowest BCUT2D eigenvalue weighted by Gasteiger charge is -2.35. The number of fused-ring (bicyclic) bond motifs is 1. The van der Waals surface area contributed by atoms with Crippen LogP contribution < -0.4 is 4.90 Å². The number of rotatable bonds is 2. The van der Waals surface area contributed by atoms with Crippen LogP contribution in [0.1, 0.15) is 10.4 Å². The molecule has 0 radical (unpaired) electrons. The molecule has 0 unspecified atom stereocenters. The van der Waals surface area contributed by atoms with Crippen molar-refractivity contribution in [1.29, 1.82) is 0 Å². The quantitative estimate of drug-likeness (QED) is 0.672. The average molecular weight is 391 g/mol. The Bertz CT molecular complexity index is 981. The predicted molar refractivity (Wildman–Crippen MR) is 101 cm³/mol. The van der Waals surface area contributed by atoms with Gasteiger partial charge >= 0.3 is 0 Å². The molecule has 2 aromatic heterocycles. The molecule has 0 spiro atoms. The fraction of sp³-hybridized carbons (Fsp3) is 0.294. The van der Waals surface area contributed by atoms with Crippen molar-refractivity contribution in [3.8, 4) is 0 Å². The number of halogens is 2. The van der Waals surface area contributed by atoms with Crippen molar-refractivity contribution < 1.29 is 4.79 Å². The van der Waals surface area contributed by atoms with Crippen LogP contribution in [-0.2, 0) is 7.05 Å². The summed E-state index contributed by atoms with van der Waals surface area (Å²) in [5.41, 5.74) is 1.34. The van der Waals surface area contributed by atoms with Crippen LogP contribution in [0.3, 0.4) is 0 Å². The van der Waals surface area contributed by atoms with E-state index in [9.17, 15) is 4.79 Å². The van der Waals surface area contributed by atoms with Crippen LogP contribution in [0.15, 0.2) is 30.7 Å². The van der Waals surface area contributed by atoms with Gasteiger partial charge in [-0.15, -0.1) is 0 Å². The number of carbonyl (C=O) groups is 1. The summed E-state index contributed by atoms with van der Waals surface area (Å²) >= 11 is 11.9. The maximum absolute atomic E-state index is 12.7. The van der Waals surface area contributed by atoms with E-state index < -0.39 is 0 Å². The smallest absolute Gasteiger partial charge is 0.254 e. The van der Waals surface area contributed by atoms with Crippen LogP contribution in [0.5, 0.6) is 0 Å². The van der Waals surface area contributed by atoms with Crippen LogP contribution in [0.25, 0.3) is 11.0 Å². The van der Waals surface area contributed by atoms with Gasteiger partial charge in [0.1, 0.15) is 12.1 Å². The summed E-state index contributed by atoms with van der Waals surface area (Å²) in [6.45, 7) is 2.58. The molecule has 1 aliphatic rings. The Kier molecular flexibility index (Phi) is 4.42. The van der Waals surface area contributed by atoms with Crippen LogP contribution >= 0.6 is 23.2 Å². The summed E-state index contributed by atoms with van der Waals surface area (Å²) in [5.74, 6) is 0.808. The normalized spacial score (nSPS) is 14.9. The van der Waals surface area contributed by atoms with E-state index in [1.54, 1.807) is 35.4 Å². The number of carbonyl (C=O) groups excluding carboxylic acids is 1. The molecule has 1 amide bonds. The van der Waals surface area contributed by atoms with Gasteiger partial charge in [0.15, 0.2) is 5.65 Å². The second-order valence-corrected chi connectivity index (χ2v) is 6.93. The van der Waals surface area contributed by atoms with E-state index >= 15 is 0 Å². The number of hydrogen-bond donors (Lipinski definition) is 0. The number of aryl methyl sites for hydroxylation is 1. The molecule has 1 aromatic carbocycles. The number of aromatic nitrogens is 4. The molecule has 1 aliphatic heterocycles. The van der Waals surface area contributed by atoms with Crippen molar-refractivity contribution in [2.75, 3.05) is 31.1 Å². The highest BCUT2D eigenvalue weighted by Crippen LogP contribution is 2.25. The highest BCUT2D eigenvalue weighted by Gasteiger charge is 2.24. The Labute approximate surface area is 160 Å². The second kappa shape index (κ2) is 6.74. The topological polar surface area (TPSA) is 67.2 Å². The number of nitrogens with zero attached hydrogens (tertiary/aromatic N) is 6. The van der Waals surface area contributed by atoms with E-state index in [0.717, 1.165) is 16.9 Å². The minimum atomic E-state index is -0.0440. The first-order chi connectivity index (χ1) is 12.5. The Morgan fingerprint density at radius 2 is 1.85 bits per heavy atom. The van der Waals surface area contributed by atoms with Crippen LogP contribution in [-0.4, -0.2) is 56.7 Å². The highest BCUT2D eigenvalue weighted by atomic mass is 35.5. The third-order valence-electron chi connectivity index (χ3n) is 4.54. The SMILES string of the molecule is Cn1ncc2c(N3CCN(C(=O)c4ccc(Cl)c(Cl)c4)CC3)ncnc21. The molecular formula is C17H16Cl2N6O. The van der Waals surface area contributed by atoms with E-state index in [-0.39, 0.29) is 5.91 Å². The minimum Gasteiger partial charge on any atom is -0.352 e. The van der Waals surface area contributed by atoms with Gasteiger partial charge in [-0.2, -0.15) is 5.10 Å². The average Bonchev–Trinajstić information content (AvgIpc) is 3.05. The molecule has 0 aliphatic carbocycles. The van der Waals surface area contributed by atoms with Crippen molar-refractivity contribution >= 4 is 46.0 Å². The lowest BCUT2D eigenvalue weighted by molar-refractivity contribution is 0.0746. The van der Waals surface area contributed by atoms with E-state index in [0.29, 0.717) is 41.8 Å². The molecule has 1 fully saturated rings. The predicted octanol–water partition coefficient (Wildman–Crippen LogP) is 2.63. The van der Waals surface area contributed by atoms with Crippen molar-refractivity contribution in [2.24, 2.45) is 7.05 Å². The maximum atomic E-state index is 12.7. The van der Waals surface area contributed by atoms with Gasteiger partial charge in [-0.05, 0) is 18.2 Å². The second-order valence-electron chi connectivity index (χ2n) is 6.11. The molecule has 3 heterocycles. The first-order valence-electron chi connectivity index (χ1n) is 8.16. The molecule has 9 heteroatoms. The van der Waals surface area contributed by atoms with Crippen molar-refractivity contribution in [2.45, 2.75) is 0 Å². The Morgan fingerprint density at radius 3 is 2.58 bits per heavy atom. The van der Waals surface area contributed by atoms with Gasteiger partial charge in [-0.25, -0.2) is 9.97 Å². The Morgan fingerprint density at radius 1 is 1.08 bits per heavy atom. The summed E-state index contributed by atoms with van der Waals surface area (Å²) in [6.07, 6.45) is 3.32. The lowest BCUT2D eigenvalue weighted by atomic mass is 10.1. The number of benzene rings is 1. The number of hydrogen-bond acceptors (Lipinski definition) is 5. The number of piperazine rings is 1. The van der Waals surface area contributed by atoms with Crippen LogP contribution in [0, 0.1) is 0 Å². The maximum Gasteiger partial charge on any atom is 0.254 e. The van der Waals surface area contributed by atoms with Gasteiger partial charge in [-0.3, -0.25) is 9.48 Å². The third-order valence-corrected chi connectivity index (χ3v) is 5.28. The molecule has 3 aromatic rings. The summed E-state index contributed by atoms with van der Waals surface area (Å²) in [5, 5.41) is 5.99.